The van der Waals surface area contributed by atoms with Crippen LogP contribution in [0.4, 0.5) is 5.69 Å². The molecule has 0 aromatic heterocycles. The number of carbonyl (C=O) groups excluding carboxylic acids is 2. The second-order valence-electron chi connectivity index (χ2n) is 6.09. The van der Waals surface area contributed by atoms with Gasteiger partial charge in [-0.05, 0) is 30.4 Å². The molecule has 0 radical (unpaired) electrons. The van der Waals surface area contributed by atoms with E-state index in [1.54, 1.807) is 18.2 Å². The van der Waals surface area contributed by atoms with Crippen LogP contribution in [0.25, 0.3) is 0 Å². The van der Waals surface area contributed by atoms with Gasteiger partial charge in [0.1, 0.15) is 0 Å². The third kappa shape index (κ3) is 1.86. The molecule has 1 saturated heterocycles. The average molecular weight is 468 g/mol. The highest BCUT2D eigenvalue weighted by Crippen LogP contribution is 2.60. The van der Waals surface area contributed by atoms with Gasteiger partial charge < -0.3 is 0 Å². The van der Waals surface area contributed by atoms with E-state index in [1.807, 2.05) is 0 Å². The standard InChI is InChI=1S/C15H11Br2Cl2NO2/c16-11-5-4-6(12(11)17)10-9(5)14(21)20(15(10)22)8-3-1-2-7(18)13(8)19/h1-3,5-6,9-12H,4H2/t5-,6-,9-,10-,11-,12+/m1/s1. The van der Waals surface area contributed by atoms with Crippen molar-refractivity contribution in [3.63, 3.8) is 0 Å². The molecule has 0 N–H and O–H groups in total. The van der Waals surface area contributed by atoms with Gasteiger partial charge in [0.05, 0.1) is 27.6 Å². The summed E-state index contributed by atoms with van der Waals surface area (Å²) in [5.41, 5.74) is 0.398. The molecule has 1 heterocycles. The largest absolute Gasteiger partial charge is 0.274 e. The van der Waals surface area contributed by atoms with E-state index in [0.717, 1.165) is 6.42 Å². The molecule has 3 fully saturated rings. The van der Waals surface area contributed by atoms with Crippen LogP contribution in [0.2, 0.25) is 10.0 Å². The predicted molar refractivity (Wildman–Crippen MR) is 93.0 cm³/mol. The molecule has 1 aromatic rings. The van der Waals surface area contributed by atoms with E-state index in [-0.39, 0.29) is 50.2 Å². The van der Waals surface area contributed by atoms with Crippen molar-refractivity contribution in [1.29, 1.82) is 0 Å². The molecule has 1 aliphatic heterocycles. The first-order valence-electron chi connectivity index (χ1n) is 7.03. The molecule has 22 heavy (non-hydrogen) atoms. The Kier molecular flexibility index (Phi) is 3.65. The second-order valence-corrected chi connectivity index (χ2v) is 8.99. The number of benzene rings is 1. The quantitative estimate of drug-likeness (QED) is 0.457. The zero-order valence-electron chi connectivity index (χ0n) is 11.2. The van der Waals surface area contributed by atoms with Crippen molar-refractivity contribution in [2.45, 2.75) is 16.1 Å². The highest BCUT2D eigenvalue weighted by molar-refractivity contribution is 9.12. The Hall–Kier alpha value is -0.100. The lowest BCUT2D eigenvalue weighted by atomic mass is 9.81. The fraction of sp³-hybridized carbons (Fsp3) is 0.467. The minimum Gasteiger partial charge on any atom is -0.274 e. The van der Waals surface area contributed by atoms with Crippen molar-refractivity contribution in [3.05, 3.63) is 28.2 Å². The summed E-state index contributed by atoms with van der Waals surface area (Å²) >= 11 is 19.6. The van der Waals surface area contributed by atoms with E-state index >= 15 is 0 Å². The number of rotatable bonds is 1. The van der Waals surface area contributed by atoms with Crippen LogP contribution < -0.4 is 4.90 Å². The predicted octanol–water partition coefficient (Wildman–Crippen LogP) is 4.28. The Morgan fingerprint density at radius 2 is 1.55 bits per heavy atom. The molecule has 7 heteroatoms. The van der Waals surface area contributed by atoms with Crippen LogP contribution in [-0.2, 0) is 9.59 Å². The van der Waals surface area contributed by atoms with Crippen LogP contribution in [0.5, 0.6) is 0 Å². The van der Waals surface area contributed by atoms with Crippen LogP contribution in [0.1, 0.15) is 6.42 Å². The fourth-order valence-corrected chi connectivity index (χ4v) is 6.50. The number of hydrogen-bond acceptors (Lipinski definition) is 2. The molecule has 3 aliphatic rings. The van der Waals surface area contributed by atoms with Crippen molar-refractivity contribution in [1.82, 2.24) is 0 Å². The second kappa shape index (κ2) is 5.20. The third-order valence-corrected chi connectivity index (χ3v) is 9.17. The van der Waals surface area contributed by atoms with Crippen molar-refractivity contribution in [3.8, 4) is 0 Å². The van der Waals surface area contributed by atoms with Gasteiger partial charge in [-0.2, -0.15) is 0 Å². The highest BCUT2D eigenvalue weighted by Gasteiger charge is 2.66. The number of alkyl halides is 2. The Morgan fingerprint density at radius 1 is 1.00 bits per heavy atom. The summed E-state index contributed by atoms with van der Waals surface area (Å²) in [5, 5.41) is 0.598. The minimum absolute atomic E-state index is 0.143. The maximum absolute atomic E-state index is 12.9. The average Bonchev–Trinajstić information content (AvgIpc) is 3.08. The lowest BCUT2D eigenvalue weighted by Crippen LogP contribution is -2.37. The summed E-state index contributed by atoms with van der Waals surface area (Å²) in [6, 6.07) is 5.02. The Bertz CT molecular complexity index is 666. The van der Waals surface area contributed by atoms with E-state index in [0.29, 0.717) is 10.7 Å². The smallest absolute Gasteiger partial charge is 0.238 e. The summed E-state index contributed by atoms with van der Waals surface area (Å²) in [6.07, 6.45) is 0.912. The van der Waals surface area contributed by atoms with E-state index in [2.05, 4.69) is 31.9 Å². The summed E-state index contributed by atoms with van der Waals surface area (Å²) in [5.74, 6) is -0.389. The first-order valence-corrected chi connectivity index (χ1v) is 9.62. The van der Waals surface area contributed by atoms with E-state index < -0.39 is 0 Å². The Labute approximate surface area is 154 Å². The maximum atomic E-state index is 12.9. The number of amides is 2. The summed E-state index contributed by atoms with van der Waals surface area (Å²) in [6.45, 7) is 0. The molecule has 0 spiro atoms. The molecular weight excluding hydrogens is 457 g/mol. The van der Waals surface area contributed by atoms with Gasteiger partial charge in [0, 0.05) is 9.65 Å². The molecule has 1 aromatic carbocycles. The number of nitrogens with zero attached hydrogens (tertiary/aromatic N) is 1. The number of carbonyl (C=O) groups is 2. The minimum atomic E-state index is -0.245. The van der Waals surface area contributed by atoms with Crippen molar-refractivity contribution in [2.75, 3.05) is 4.90 Å². The fourth-order valence-electron chi connectivity index (χ4n) is 4.25. The maximum Gasteiger partial charge on any atom is 0.238 e. The first kappa shape index (κ1) is 15.4. The van der Waals surface area contributed by atoms with Gasteiger partial charge in [0.25, 0.3) is 0 Å². The molecule has 116 valence electrons. The SMILES string of the molecule is O=C1[C@@H]2[C@H]3C[C@@H]([C@@H](Br)[C@H]3Br)[C@H]2C(=O)N1c1cccc(Cl)c1Cl. The van der Waals surface area contributed by atoms with E-state index in [1.165, 1.54) is 4.90 Å². The van der Waals surface area contributed by atoms with Gasteiger partial charge >= 0.3 is 0 Å². The van der Waals surface area contributed by atoms with Crippen LogP contribution in [0.3, 0.4) is 0 Å². The number of fused-ring (bicyclic) bond motifs is 5. The molecule has 4 rings (SSSR count). The number of halogens is 4. The molecule has 2 bridgehead atoms. The van der Waals surface area contributed by atoms with Crippen LogP contribution >= 0.6 is 55.1 Å². The summed E-state index contributed by atoms with van der Waals surface area (Å²) in [7, 11) is 0. The van der Waals surface area contributed by atoms with Gasteiger partial charge in [0.2, 0.25) is 11.8 Å². The monoisotopic (exact) mass is 465 g/mol. The summed E-state index contributed by atoms with van der Waals surface area (Å²) < 4.78 is 0. The van der Waals surface area contributed by atoms with Crippen molar-refractivity contribution < 1.29 is 9.59 Å². The topological polar surface area (TPSA) is 37.4 Å². The summed E-state index contributed by atoms with van der Waals surface area (Å²) in [4.78, 5) is 27.4. The number of imide groups is 1. The lowest BCUT2D eigenvalue weighted by Gasteiger charge is -2.28. The molecule has 2 aliphatic carbocycles. The normalized spacial score (nSPS) is 39.7. The van der Waals surface area contributed by atoms with Gasteiger partial charge in [-0.25, -0.2) is 4.90 Å². The molecule has 3 nitrogen and oxygen atoms in total. The van der Waals surface area contributed by atoms with Crippen LogP contribution in [0.15, 0.2) is 18.2 Å². The molecule has 0 unspecified atom stereocenters. The highest BCUT2D eigenvalue weighted by atomic mass is 79.9. The third-order valence-electron chi connectivity index (χ3n) is 5.16. The Balaban J connectivity index is 1.78. The van der Waals surface area contributed by atoms with E-state index in [4.69, 9.17) is 23.2 Å². The Morgan fingerprint density at radius 3 is 2.09 bits per heavy atom. The van der Waals surface area contributed by atoms with Gasteiger partial charge in [0.15, 0.2) is 0 Å². The van der Waals surface area contributed by atoms with Crippen molar-refractivity contribution >= 4 is 72.6 Å². The van der Waals surface area contributed by atoms with E-state index in [9.17, 15) is 9.59 Å². The lowest BCUT2D eigenvalue weighted by molar-refractivity contribution is -0.123. The molecular formula is C15H11Br2Cl2NO2. The number of hydrogen-bond donors (Lipinski definition) is 0. The van der Waals surface area contributed by atoms with Crippen LogP contribution in [0, 0.1) is 23.7 Å². The van der Waals surface area contributed by atoms with Gasteiger partial charge in [-0.15, -0.1) is 0 Å². The van der Waals surface area contributed by atoms with Crippen molar-refractivity contribution in [2.24, 2.45) is 23.7 Å². The van der Waals surface area contributed by atoms with Gasteiger partial charge in [-0.3, -0.25) is 9.59 Å². The first-order chi connectivity index (χ1) is 10.4. The number of anilines is 1. The van der Waals surface area contributed by atoms with Crippen LogP contribution in [-0.4, -0.2) is 21.5 Å². The zero-order chi connectivity index (χ0) is 15.8. The molecule has 6 atom stereocenters. The molecule has 2 saturated carbocycles. The van der Waals surface area contributed by atoms with Gasteiger partial charge in [-0.1, -0.05) is 61.1 Å². The zero-order valence-corrected chi connectivity index (χ0v) is 15.9. The molecule has 2 amide bonds.